The Balaban J connectivity index is 0. The van der Waals surface area contributed by atoms with Crippen molar-refractivity contribution in [2.24, 2.45) is 0 Å². The molecule has 0 heterocycles. The molecule has 0 aliphatic rings. The monoisotopic (exact) mass is 146 g/mol. The van der Waals surface area contributed by atoms with Crippen molar-refractivity contribution in [1.82, 2.24) is 0 Å². The van der Waals surface area contributed by atoms with Gasteiger partial charge in [0.1, 0.15) is 0 Å². The van der Waals surface area contributed by atoms with Crippen molar-refractivity contribution < 1.29 is 4.48 Å². The van der Waals surface area contributed by atoms with Crippen LogP contribution in [0.1, 0.15) is 34.6 Å². The van der Waals surface area contributed by atoms with E-state index in [1.54, 1.807) is 0 Å². The maximum atomic E-state index is 2.29. The molecule has 0 fully saturated rings. The number of nitrogens with zero attached hydrogens (tertiary/aromatic N) is 1. The molecule has 0 spiro atoms. The first-order chi connectivity index (χ1) is 4.68. The minimum atomic E-state index is 1.21. The third kappa shape index (κ3) is 4.80. The molecule has 0 radical (unpaired) electrons. The Morgan fingerprint density at radius 1 is 0.800 bits per heavy atom. The Morgan fingerprint density at radius 2 is 1.00 bits per heavy atom. The molecule has 0 aliphatic carbocycles. The van der Waals surface area contributed by atoms with Gasteiger partial charge in [0.05, 0.1) is 26.7 Å². The van der Waals surface area contributed by atoms with Crippen molar-refractivity contribution in [3.8, 4) is 0 Å². The van der Waals surface area contributed by atoms with Crippen molar-refractivity contribution in [2.45, 2.75) is 34.6 Å². The predicted octanol–water partition coefficient (Wildman–Crippen LogP) is 2.52. The van der Waals surface area contributed by atoms with Gasteiger partial charge < -0.3 is 4.48 Å². The van der Waals surface area contributed by atoms with Gasteiger partial charge in [0.2, 0.25) is 0 Å². The summed E-state index contributed by atoms with van der Waals surface area (Å²) in [6.07, 6.45) is 0. The first-order valence-electron chi connectivity index (χ1n) is 4.52. The van der Waals surface area contributed by atoms with E-state index >= 15 is 0 Å². The molecule has 10 heavy (non-hydrogen) atoms. The molecule has 0 saturated carbocycles. The minimum Gasteiger partial charge on any atom is -0.327 e. The second kappa shape index (κ2) is 7.07. The predicted molar refractivity (Wildman–Crippen MR) is 49.2 cm³/mol. The van der Waals surface area contributed by atoms with E-state index in [1.165, 1.54) is 24.1 Å². The molecule has 0 aromatic carbocycles. The van der Waals surface area contributed by atoms with Crippen LogP contribution in [0.5, 0.6) is 0 Å². The summed E-state index contributed by atoms with van der Waals surface area (Å²) >= 11 is 0. The van der Waals surface area contributed by atoms with Gasteiger partial charge in [-0.2, -0.15) is 0 Å². The highest BCUT2D eigenvalue weighted by atomic mass is 15.3. The fourth-order valence-electron chi connectivity index (χ4n) is 0.671. The molecule has 64 valence electrons. The lowest BCUT2D eigenvalue weighted by molar-refractivity contribution is -0.904. The smallest absolute Gasteiger partial charge is 0.0755 e. The third-order valence-electron chi connectivity index (χ3n) is 2.29. The van der Waals surface area contributed by atoms with Crippen molar-refractivity contribution in [3.63, 3.8) is 0 Å². The molecule has 0 amide bonds. The lowest BCUT2D eigenvalue weighted by Gasteiger charge is -2.30. The Morgan fingerprint density at radius 3 is 1.00 bits per heavy atom. The quantitative estimate of drug-likeness (QED) is 0.537. The van der Waals surface area contributed by atoms with Gasteiger partial charge in [0, 0.05) is 0 Å². The lowest BCUT2D eigenvalue weighted by atomic mass is 10.4. The Bertz CT molecular complexity index is 47.5. The molecule has 0 aliphatic heterocycles. The highest BCUT2D eigenvalue weighted by Gasteiger charge is 2.10. The second-order valence-corrected chi connectivity index (χ2v) is 2.57. The number of hydrogen-bond donors (Lipinski definition) is 0. The minimum absolute atomic E-state index is 1.21. The molecule has 0 rings (SSSR count). The standard InChI is InChI=1S/C7H18N.C2H6/c1-5-8(4,6-2)7-3;1-2/h5-7H2,1-4H3;1-2H3/q+1;. The summed E-state index contributed by atoms with van der Waals surface area (Å²) in [5, 5.41) is 0. The Labute approximate surface area is 66.6 Å². The van der Waals surface area contributed by atoms with Gasteiger partial charge in [-0.1, -0.05) is 13.8 Å². The van der Waals surface area contributed by atoms with Crippen LogP contribution in [0.4, 0.5) is 0 Å². The highest BCUT2D eigenvalue weighted by molar-refractivity contribution is 4.24. The van der Waals surface area contributed by atoms with E-state index in [0.717, 1.165) is 0 Å². The average molecular weight is 146 g/mol. The van der Waals surface area contributed by atoms with Gasteiger partial charge in [-0.15, -0.1) is 0 Å². The fraction of sp³-hybridized carbons (Fsp3) is 1.00. The molecule has 0 saturated heterocycles. The molecular weight excluding hydrogens is 122 g/mol. The van der Waals surface area contributed by atoms with E-state index < -0.39 is 0 Å². The van der Waals surface area contributed by atoms with E-state index in [2.05, 4.69) is 27.8 Å². The van der Waals surface area contributed by atoms with Gasteiger partial charge in [-0.3, -0.25) is 0 Å². The van der Waals surface area contributed by atoms with E-state index in [9.17, 15) is 0 Å². The summed E-state index contributed by atoms with van der Waals surface area (Å²) in [7, 11) is 2.29. The summed E-state index contributed by atoms with van der Waals surface area (Å²) in [6.45, 7) is 14.5. The van der Waals surface area contributed by atoms with Crippen LogP contribution in [-0.4, -0.2) is 31.2 Å². The van der Waals surface area contributed by atoms with Crippen LogP contribution in [0.15, 0.2) is 0 Å². The first kappa shape index (κ1) is 12.6. The van der Waals surface area contributed by atoms with Crippen molar-refractivity contribution >= 4 is 0 Å². The van der Waals surface area contributed by atoms with Gasteiger partial charge in [0.15, 0.2) is 0 Å². The molecule has 0 N–H and O–H groups in total. The van der Waals surface area contributed by atoms with Crippen LogP contribution in [0.2, 0.25) is 0 Å². The third-order valence-corrected chi connectivity index (χ3v) is 2.29. The zero-order valence-electron chi connectivity index (χ0n) is 8.57. The zero-order chi connectivity index (χ0) is 8.62. The average Bonchev–Trinajstić information content (AvgIpc) is 2.07. The zero-order valence-corrected chi connectivity index (χ0v) is 8.57. The SMILES string of the molecule is CC.CC[N+](C)(CC)CC. The maximum Gasteiger partial charge on any atom is 0.0755 e. The molecule has 0 aromatic heterocycles. The highest BCUT2D eigenvalue weighted by Crippen LogP contribution is 1.97. The Hall–Kier alpha value is -0.0400. The summed E-state index contributed by atoms with van der Waals surface area (Å²) in [5.74, 6) is 0. The van der Waals surface area contributed by atoms with Crippen LogP contribution < -0.4 is 0 Å². The van der Waals surface area contributed by atoms with Crippen LogP contribution >= 0.6 is 0 Å². The van der Waals surface area contributed by atoms with Crippen molar-refractivity contribution in [1.29, 1.82) is 0 Å². The van der Waals surface area contributed by atoms with E-state index in [4.69, 9.17) is 0 Å². The molecule has 0 aromatic rings. The summed E-state index contributed by atoms with van der Waals surface area (Å²) in [5.41, 5.74) is 0. The largest absolute Gasteiger partial charge is 0.327 e. The van der Waals surface area contributed by atoms with E-state index in [-0.39, 0.29) is 0 Å². The molecule has 0 bridgehead atoms. The Kier molecular flexibility index (Phi) is 8.92. The first-order valence-corrected chi connectivity index (χ1v) is 4.52. The molecule has 1 nitrogen and oxygen atoms in total. The maximum absolute atomic E-state index is 2.29. The summed E-state index contributed by atoms with van der Waals surface area (Å²) in [4.78, 5) is 0. The second-order valence-electron chi connectivity index (χ2n) is 2.57. The summed E-state index contributed by atoms with van der Waals surface area (Å²) in [6, 6.07) is 0. The molecular formula is C9H24N+. The van der Waals surface area contributed by atoms with Gasteiger partial charge >= 0.3 is 0 Å². The van der Waals surface area contributed by atoms with E-state index in [1.807, 2.05) is 13.8 Å². The van der Waals surface area contributed by atoms with Crippen LogP contribution in [0, 0.1) is 0 Å². The van der Waals surface area contributed by atoms with E-state index in [0.29, 0.717) is 0 Å². The molecule has 0 unspecified atom stereocenters. The number of rotatable bonds is 3. The molecule has 1 heteroatoms. The normalized spacial score (nSPS) is 10.2. The van der Waals surface area contributed by atoms with Crippen molar-refractivity contribution in [2.75, 3.05) is 26.7 Å². The van der Waals surface area contributed by atoms with Gasteiger partial charge in [-0.05, 0) is 20.8 Å². The van der Waals surface area contributed by atoms with Gasteiger partial charge in [-0.25, -0.2) is 0 Å². The van der Waals surface area contributed by atoms with Crippen molar-refractivity contribution in [3.05, 3.63) is 0 Å². The summed E-state index contributed by atoms with van der Waals surface area (Å²) < 4.78 is 1.21. The molecule has 0 atom stereocenters. The van der Waals surface area contributed by atoms with Crippen LogP contribution in [0.25, 0.3) is 0 Å². The number of quaternary nitrogens is 1. The lowest BCUT2D eigenvalue weighted by Crippen LogP contribution is -2.42. The van der Waals surface area contributed by atoms with Gasteiger partial charge in [0.25, 0.3) is 0 Å². The van der Waals surface area contributed by atoms with Crippen LogP contribution in [0.3, 0.4) is 0 Å². The van der Waals surface area contributed by atoms with Crippen LogP contribution in [-0.2, 0) is 0 Å². The topological polar surface area (TPSA) is 0 Å². The fourth-order valence-corrected chi connectivity index (χ4v) is 0.671. The number of hydrogen-bond acceptors (Lipinski definition) is 0.